The van der Waals surface area contributed by atoms with Gasteiger partial charge in [0.25, 0.3) is 0 Å². The number of nitrogens with zero attached hydrogens (tertiary/aromatic N) is 2. The summed E-state index contributed by atoms with van der Waals surface area (Å²) < 4.78 is 25.9. The van der Waals surface area contributed by atoms with E-state index in [0.29, 0.717) is 15.7 Å². The molecule has 0 aliphatic rings. The second-order valence-electron chi connectivity index (χ2n) is 3.85. The molecule has 0 amide bonds. The van der Waals surface area contributed by atoms with Crippen molar-refractivity contribution < 1.29 is 8.78 Å². The van der Waals surface area contributed by atoms with Gasteiger partial charge in [0.1, 0.15) is 10.8 Å². The first kappa shape index (κ1) is 13.7. The standard InChI is InChI=1S/C13H13F2N3S/c1-2-5-17-12-7-16-8-13(18-12)19-9-3-4-10(14)11(15)6-9/h3-4,6-8H,2,5H2,1H3,(H,17,18). The number of anilines is 1. The van der Waals surface area contributed by atoms with Crippen LogP contribution in [0.5, 0.6) is 0 Å². The Hall–Kier alpha value is -1.69. The van der Waals surface area contributed by atoms with E-state index in [-0.39, 0.29) is 0 Å². The summed E-state index contributed by atoms with van der Waals surface area (Å²) >= 11 is 1.24. The van der Waals surface area contributed by atoms with E-state index < -0.39 is 11.6 Å². The van der Waals surface area contributed by atoms with Crippen molar-refractivity contribution >= 4 is 17.6 Å². The second kappa shape index (κ2) is 6.47. The first-order chi connectivity index (χ1) is 9.19. The molecule has 2 aromatic rings. The summed E-state index contributed by atoms with van der Waals surface area (Å²) in [6.07, 6.45) is 4.20. The highest BCUT2D eigenvalue weighted by Crippen LogP contribution is 2.27. The maximum Gasteiger partial charge on any atom is 0.159 e. The molecular weight excluding hydrogens is 268 g/mol. The molecule has 1 heterocycles. The van der Waals surface area contributed by atoms with Crippen molar-refractivity contribution in [1.82, 2.24) is 9.97 Å². The van der Waals surface area contributed by atoms with E-state index in [2.05, 4.69) is 22.2 Å². The van der Waals surface area contributed by atoms with Crippen LogP contribution >= 0.6 is 11.8 Å². The number of rotatable bonds is 5. The Morgan fingerprint density at radius 3 is 2.79 bits per heavy atom. The van der Waals surface area contributed by atoms with Gasteiger partial charge in [-0.15, -0.1) is 0 Å². The fraction of sp³-hybridized carbons (Fsp3) is 0.231. The molecule has 100 valence electrons. The van der Waals surface area contributed by atoms with Crippen molar-refractivity contribution in [2.75, 3.05) is 11.9 Å². The van der Waals surface area contributed by atoms with Crippen LogP contribution in [0.1, 0.15) is 13.3 Å². The molecule has 0 radical (unpaired) electrons. The molecule has 0 aliphatic carbocycles. The summed E-state index contributed by atoms with van der Waals surface area (Å²) in [5, 5.41) is 3.75. The molecule has 0 saturated carbocycles. The van der Waals surface area contributed by atoms with Crippen molar-refractivity contribution in [3.05, 3.63) is 42.2 Å². The third kappa shape index (κ3) is 3.89. The van der Waals surface area contributed by atoms with Gasteiger partial charge in [0.2, 0.25) is 0 Å². The lowest BCUT2D eigenvalue weighted by atomic mass is 10.3. The van der Waals surface area contributed by atoms with Gasteiger partial charge in [-0.3, -0.25) is 4.98 Å². The van der Waals surface area contributed by atoms with Crippen molar-refractivity contribution in [3.8, 4) is 0 Å². The van der Waals surface area contributed by atoms with Crippen LogP contribution < -0.4 is 5.32 Å². The Labute approximate surface area is 114 Å². The molecule has 0 unspecified atom stereocenters. The van der Waals surface area contributed by atoms with Crippen LogP contribution in [0.15, 0.2) is 40.5 Å². The van der Waals surface area contributed by atoms with Gasteiger partial charge in [-0.05, 0) is 24.6 Å². The Kier molecular flexibility index (Phi) is 4.68. The van der Waals surface area contributed by atoms with E-state index in [0.717, 1.165) is 25.1 Å². The maximum atomic E-state index is 13.1. The molecule has 0 bridgehead atoms. The number of aromatic nitrogens is 2. The molecule has 19 heavy (non-hydrogen) atoms. The second-order valence-corrected chi connectivity index (χ2v) is 4.94. The fourth-order valence-corrected chi connectivity index (χ4v) is 2.19. The predicted octanol–water partition coefficient (Wildman–Crippen LogP) is 3.73. The van der Waals surface area contributed by atoms with Crippen LogP contribution in [0.25, 0.3) is 0 Å². The summed E-state index contributed by atoms with van der Waals surface area (Å²) in [6.45, 7) is 2.87. The van der Waals surface area contributed by atoms with Crippen molar-refractivity contribution in [1.29, 1.82) is 0 Å². The SMILES string of the molecule is CCCNc1cncc(Sc2ccc(F)c(F)c2)n1. The third-order valence-electron chi connectivity index (χ3n) is 2.28. The first-order valence-corrected chi connectivity index (χ1v) is 6.69. The highest BCUT2D eigenvalue weighted by Gasteiger charge is 2.05. The Morgan fingerprint density at radius 1 is 1.21 bits per heavy atom. The van der Waals surface area contributed by atoms with E-state index in [1.54, 1.807) is 12.4 Å². The smallest absolute Gasteiger partial charge is 0.159 e. The number of benzene rings is 1. The average molecular weight is 281 g/mol. The Balaban J connectivity index is 2.11. The van der Waals surface area contributed by atoms with Gasteiger partial charge in [-0.2, -0.15) is 0 Å². The van der Waals surface area contributed by atoms with Crippen molar-refractivity contribution in [3.63, 3.8) is 0 Å². The maximum absolute atomic E-state index is 13.1. The minimum Gasteiger partial charge on any atom is -0.369 e. The van der Waals surface area contributed by atoms with Crippen LogP contribution in [0.3, 0.4) is 0 Å². The number of hydrogen-bond acceptors (Lipinski definition) is 4. The minimum absolute atomic E-state index is 0.584. The molecule has 2 rings (SSSR count). The largest absolute Gasteiger partial charge is 0.369 e. The topological polar surface area (TPSA) is 37.8 Å². The highest BCUT2D eigenvalue weighted by atomic mass is 32.2. The van der Waals surface area contributed by atoms with E-state index in [4.69, 9.17) is 0 Å². The monoisotopic (exact) mass is 281 g/mol. The number of hydrogen-bond donors (Lipinski definition) is 1. The molecule has 6 heteroatoms. The fourth-order valence-electron chi connectivity index (χ4n) is 1.40. The van der Waals surface area contributed by atoms with Gasteiger partial charge in [0.15, 0.2) is 11.6 Å². The lowest BCUT2D eigenvalue weighted by Gasteiger charge is -2.05. The van der Waals surface area contributed by atoms with Gasteiger partial charge >= 0.3 is 0 Å². The Morgan fingerprint density at radius 2 is 2.05 bits per heavy atom. The molecule has 0 spiro atoms. The van der Waals surface area contributed by atoms with Crippen molar-refractivity contribution in [2.45, 2.75) is 23.3 Å². The van der Waals surface area contributed by atoms with E-state index in [9.17, 15) is 8.78 Å². The summed E-state index contributed by atoms with van der Waals surface area (Å²) in [5.74, 6) is -1.04. The average Bonchev–Trinajstić information content (AvgIpc) is 2.41. The van der Waals surface area contributed by atoms with Crippen molar-refractivity contribution in [2.24, 2.45) is 0 Å². The van der Waals surface area contributed by atoms with Crippen LogP contribution in [0, 0.1) is 11.6 Å². The highest BCUT2D eigenvalue weighted by molar-refractivity contribution is 7.99. The molecule has 0 saturated heterocycles. The molecule has 3 nitrogen and oxygen atoms in total. The normalized spacial score (nSPS) is 10.5. The summed E-state index contributed by atoms with van der Waals surface area (Å²) in [5.41, 5.74) is 0. The molecular formula is C13H13F2N3S. The van der Waals surface area contributed by atoms with Gasteiger partial charge in [-0.25, -0.2) is 13.8 Å². The van der Waals surface area contributed by atoms with Gasteiger partial charge in [0.05, 0.1) is 12.4 Å². The lowest BCUT2D eigenvalue weighted by Crippen LogP contribution is -2.02. The molecule has 1 aromatic heterocycles. The Bertz CT molecular complexity index is 563. The van der Waals surface area contributed by atoms with Crippen LogP contribution in [0.2, 0.25) is 0 Å². The van der Waals surface area contributed by atoms with E-state index >= 15 is 0 Å². The zero-order chi connectivity index (χ0) is 13.7. The zero-order valence-electron chi connectivity index (χ0n) is 10.4. The molecule has 1 N–H and O–H groups in total. The van der Waals surface area contributed by atoms with E-state index in [1.807, 2.05) is 0 Å². The summed E-state index contributed by atoms with van der Waals surface area (Å²) in [7, 11) is 0. The number of nitrogens with one attached hydrogen (secondary N) is 1. The number of halogens is 2. The van der Waals surface area contributed by atoms with Crippen LogP contribution in [-0.4, -0.2) is 16.5 Å². The van der Waals surface area contributed by atoms with Gasteiger partial charge in [-0.1, -0.05) is 18.7 Å². The minimum atomic E-state index is -0.863. The third-order valence-corrected chi connectivity index (χ3v) is 3.18. The zero-order valence-corrected chi connectivity index (χ0v) is 11.2. The molecule has 1 aromatic carbocycles. The predicted molar refractivity (Wildman–Crippen MR) is 71.3 cm³/mol. The van der Waals surface area contributed by atoms with Crippen LogP contribution in [-0.2, 0) is 0 Å². The first-order valence-electron chi connectivity index (χ1n) is 5.88. The molecule has 0 atom stereocenters. The van der Waals surface area contributed by atoms with Gasteiger partial charge < -0.3 is 5.32 Å². The summed E-state index contributed by atoms with van der Waals surface area (Å²) in [6, 6.07) is 3.76. The van der Waals surface area contributed by atoms with E-state index in [1.165, 1.54) is 17.8 Å². The molecule has 0 aliphatic heterocycles. The summed E-state index contributed by atoms with van der Waals surface area (Å²) in [4.78, 5) is 8.97. The quantitative estimate of drug-likeness (QED) is 0.906. The van der Waals surface area contributed by atoms with Crippen LogP contribution in [0.4, 0.5) is 14.6 Å². The lowest BCUT2D eigenvalue weighted by molar-refractivity contribution is 0.506. The van der Waals surface area contributed by atoms with Gasteiger partial charge in [0, 0.05) is 11.4 Å². The molecule has 0 fully saturated rings.